The number of nitrogens with one attached hydrogen (secondary N) is 1. The average Bonchev–Trinajstić information content (AvgIpc) is 3.00. The number of rotatable bonds is 4. The van der Waals surface area contributed by atoms with Crippen LogP contribution in [0.1, 0.15) is 35.7 Å². The predicted molar refractivity (Wildman–Crippen MR) is 91.3 cm³/mol. The minimum Gasteiger partial charge on any atom is -0.366 e. The summed E-state index contributed by atoms with van der Waals surface area (Å²) >= 11 is 0. The molecule has 1 amide bonds. The van der Waals surface area contributed by atoms with Gasteiger partial charge in [0, 0.05) is 30.0 Å². The van der Waals surface area contributed by atoms with E-state index in [0.29, 0.717) is 17.8 Å². The molecular formula is C17H18F3N5O. The number of benzene rings is 1. The van der Waals surface area contributed by atoms with Gasteiger partial charge in [-0.05, 0) is 44.0 Å². The highest BCUT2D eigenvalue weighted by atomic mass is 19.4. The van der Waals surface area contributed by atoms with Gasteiger partial charge in [0.1, 0.15) is 11.4 Å². The highest BCUT2D eigenvalue weighted by Gasteiger charge is 2.38. The van der Waals surface area contributed by atoms with Crippen molar-refractivity contribution in [3.8, 4) is 0 Å². The second-order valence-corrected chi connectivity index (χ2v) is 6.18. The highest BCUT2D eigenvalue weighted by molar-refractivity contribution is 5.93. The van der Waals surface area contributed by atoms with Crippen LogP contribution in [0.4, 0.5) is 30.6 Å². The van der Waals surface area contributed by atoms with E-state index in [1.54, 1.807) is 17.0 Å². The molecule has 0 aliphatic carbocycles. The summed E-state index contributed by atoms with van der Waals surface area (Å²) in [5.74, 6) is -0.625. The standard InChI is InChI=1S/C17H18F3N5O/c1-10-3-2-8-25(10)15-13(17(18,19)20)9-22-16(24-15)23-12-6-4-11(5-7-12)14(21)26/h4-7,9-10H,2-3,8H2,1H3,(H2,21,26)(H,22,23,24). The molecule has 1 fully saturated rings. The first-order valence-electron chi connectivity index (χ1n) is 8.13. The summed E-state index contributed by atoms with van der Waals surface area (Å²) in [6, 6.07) is 6.17. The van der Waals surface area contributed by atoms with E-state index >= 15 is 0 Å². The molecule has 1 atom stereocenters. The highest BCUT2D eigenvalue weighted by Crippen LogP contribution is 2.38. The van der Waals surface area contributed by atoms with Crippen molar-refractivity contribution >= 4 is 23.4 Å². The van der Waals surface area contributed by atoms with Gasteiger partial charge in [0.25, 0.3) is 0 Å². The largest absolute Gasteiger partial charge is 0.421 e. The van der Waals surface area contributed by atoms with E-state index in [-0.39, 0.29) is 17.8 Å². The smallest absolute Gasteiger partial charge is 0.366 e. The molecule has 6 nitrogen and oxygen atoms in total. The molecule has 1 unspecified atom stereocenters. The Hall–Kier alpha value is -2.84. The molecule has 1 saturated heterocycles. The number of anilines is 3. The number of alkyl halides is 3. The first kappa shape index (κ1) is 18.0. The molecule has 1 aliphatic heterocycles. The van der Waals surface area contributed by atoms with E-state index < -0.39 is 17.6 Å². The number of halogens is 3. The minimum atomic E-state index is -4.53. The van der Waals surface area contributed by atoms with Crippen molar-refractivity contribution in [2.75, 3.05) is 16.8 Å². The summed E-state index contributed by atoms with van der Waals surface area (Å²) in [6.07, 6.45) is -2.09. The summed E-state index contributed by atoms with van der Waals surface area (Å²) in [6.45, 7) is 2.40. The summed E-state index contributed by atoms with van der Waals surface area (Å²) in [7, 11) is 0. The van der Waals surface area contributed by atoms with E-state index in [1.165, 1.54) is 12.1 Å². The van der Waals surface area contributed by atoms with Crippen LogP contribution in [0.3, 0.4) is 0 Å². The fourth-order valence-corrected chi connectivity index (χ4v) is 2.95. The summed E-state index contributed by atoms with van der Waals surface area (Å²) in [4.78, 5) is 20.7. The number of carbonyl (C=O) groups is 1. The zero-order valence-electron chi connectivity index (χ0n) is 14.0. The zero-order valence-corrected chi connectivity index (χ0v) is 14.0. The molecule has 0 spiro atoms. The molecule has 0 saturated carbocycles. The van der Waals surface area contributed by atoms with Gasteiger partial charge in [-0.25, -0.2) is 4.98 Å². The Balaban J connectivity index is 1.92. The Morgan fingerprint density at radius 3 is 2.54 bits per heavy atom. The number of aromatic nitrogens is 2. The van der Waals surface area contributed by atoms with Crippen LogP contribution in [0.5, 0.6) is 0 Å². The molecule has 2 heterocycles. The van der Waals surface area contributed by atoms with Crippen molar-refractivity contribution in [3.63, 3.8) is 0 Å². The van der Waals surface area contributed by atoms with E-state index in [2.05, 4.69) is 15.3 Å². The molecule has 1 aliphatic rings. The van der Waals surface area contributed by atoms with Gasteiger partial charge >= 0.3 is 6.18 Å². The fourth-order valence-electron chi connectivity index (χ4n) is 2.95. The first-order valence-corrected chi connectivity index (χ1v) is 8.13. The Bertz CT molecular complexity index is 807. The van der Waals surface area contributed by atoms with Crippen molar-refractivity contribution in [3.05, 3.63) is 41.6 Å². The van der Waals surface area contributed by atoms with Gasteiger partial charge in [0.15, 0.2) is 0 Å². The van der Waals surface area contributed by atoms with E-state index in [0.717, 1.165) is 19.0 Å². The molecule has 0 radical (unpaired) electrons. The van der Waals surface area contributed by atoms with Gasteiger partial charge in [0.05, 0.1) is 0 Å². The molecule has 3 N–H and O–H groups in total. The number of hydrogen-bond acceptors (Lipinski definition) is 5. The number of amides is 1. The van der Waals surface area contributed by atoms with Crippen LogP contribution in [0.2, 0.25) is 0 Å². The lowest BCUT2D eigenvalue weighted by atomic mass is 10.2. The molecular weight excluding hydrogens is 347 g/mol. The molecule has 3 rings (SSSR count). The van der Waals surface area contributed by atoms with Crippen molar-refractivity contribution in [1.29, 1.82) is 0 Å². The van der Waals surface area contributed by atoms with Crippen LogP contribution in [-0.2, 0) is 6.18 Å². The fraction of sp³-hybridized carbons (Fsp3) is 0.353. The van der Waals surface area contributed by atoms with Crippen molar-refractivity contribution in [2.24, 2.45) is 5.73 Å². The summed E-state index contributed by atoms with van der Waals surface area (Å²) < 4.78 is 40.0. The van der Waals surface area contributed by atoms with Gasteiger partial charge in [0.2, 0.25) is 11.9 Å². The van der Waals surface area contributed by atoms with Crippen LogP contribution in [0.25, 0.3) is 0 Å². The quantitative estimate of drug-likeness (QED) is 0.868. The maximum Gasteiger partial charge on any atom is 0.421 e. The third-order valence-electron chi connectivity index (χ3n) is 4.32. The second kappa shape index (κ2) is 6.81. The van der Waals surface area contributed by atoms with Crippen LogP contribution in [-0.4, -0.2) is 28.5 Å². The predicted octanol–water partition coefficient (Wildman–Crippen LogP) is 3.33. The lowest BCUT2D eigenvalue weighted by molar-refractivity contribution is -0.137. The summed E-state index contributed by atoms with van der Waals surface area (Å²) in [5, 5.41) is 2.86. The number of primary amides is 1. The van der Waals surface area contributed by atoms with Crippen molar-refractivity contribution in [2.45, 2.75) is 32.0 Å². The van der Waals surface area contributed by atoms with E-state index in [4.69, 9.17) is 5.73 Å². The lowest BCUT2D eigenvalue weighted by Gasteiger charge is -2.26. The maximum absolute atomic E-state index is 13.3. The third kappa shape index (κ3) is 3.71. The molecule has 1 aromatic heterocycles. The van der Waals surface area contributed by atoms with Gasteiger partial charge in [-0.2, -0.15) is 18.2 Å². The first-order chi connectivity index (χ1) is 12.3. The molecule has 0 bridgehead atoms. The van der Waals surface area contributed by atoms with Gasteiger partial charge in [-0.3, -0.25) is 4.79 Å². The molecule has 138 valence electrons. The second-order valence-electron chi connectivity index (χ2n) is 6.18. The van der Waals surface area contributed by atoms with E-state index in [9.17, 15) is 18.0 Å². The van der Waals surface area contributed by atoms with Crippen LogP contribution >= 0.6 is 0 Å². The van der Waals surface area contributed by atoms with Gasteiger partial charge in [-0.15, -0.1) is 0 Å². The molecule has 2 aromatic rings. The topological polar surface area (TPSA) is 84.1 Å². The molecule has 26 heavy (non-hydrogen) atoms. The molecule has 1 aromatic carbocycles. The van der Waals surface area contributed by atoms with Crippen LogP contribution in [0.15, 0.2) is 30.5 Å². The normalized spacial score (nSPS) is 17.4. The van der Waals surface area contributed by atoms with Gasteiger partial charge < -0.3 is 16.0 Å². The Labute approximate surface area is 148 Å². The Morgan fingerprint density at radius 1 is 1.31 bits per heavy atom. The third-order valence-corrected chi connectivity index (χ3v) is 4.32. The van der Waals surface area contributed by atoms with E-state index in [1.807, 2.05) is 6.92 Å². The number of nitrogens with zero attached hydrogens (tertiary/aromatic N) is 3. The Morgan fingerprint density at radius 2 is 2.00 bits per heavy atom. The Kier molecular flexibility index (Phi) is 4.71. The zero-order chi connectivity index (χ0) is 18.9. The number of carbonyl (C=O) groups excluding carboxylic acids is 1. The van der Waals surface area contributed by atoms with Gasteiger partial charge in [-0.1, -0.05) is 0 Å². The SMILES string of the molecule is CC1CCCN1c1nc(Nc2ccc(C(N)=O)cc2)ncc1C(F)(F)F. The molecule has 9 heteroatoms. The monoisotopic (exact) mass is 365 g/mol. The van der Waals surface area contributed by atoms with Crippen LogP contribution in [0, 0.1) is 0 Å². The summed E-state index contributed by atoms with van der Waals surface area (Å²) in [5.41, 5.74) is 5.20. The number of hydrogen-bond donors (Lipinski definition) is 2. The van der Waals surface area contributed by atoms with Crippen molar-refractivity contribution in [1.82, 2.24) is 9.97 Å². The number of nitrogens with two attached hydrogens (primary N) is 1. The lowest BCUT2D eigenvalue weighted by Crippen LogP contribution is -2.30. The van der Waals surface area contributed by atoms with Crippen molar-refractivity contribution < 1.29 is 18.0 Å². The maximum atomic E-state index is 13.3. The van der Waals surface area contributed by atoms with Crippen LogP contribution < -0.4 is 16.0 Å². The minimum absolute atomic E-state index is 0.0197. The average molecular weight is 365 g/mol.